The van der Waals surface area contributed by atoms with Gasteiger partial charge in [-0.3, -0.25) is 9.78 Å². The van der Waals surface area contributed by atoms with Crippen LogP contribution in [0.1, 0.15) is 18.5 Å². The topological polar surface area (TPSA) is 71.5 Å². The molecule has 1 aliphatic rings. The summed E-state index contributed by atoms with van der Waals surface area (Å²) >= 11 is 0. The first kappa shape index (κ1) is 12.8. The number of pyridine rings is 1. The zero-order valence-corrected chi connectivity index (χ0v) is 10.5. The molecule has 1 aliphatic heterocycles. The molecular weight excluding hydrogens is 232 g/mol. The number of nitrogens with zero attached hydrogens (tertiary/aromatic N) is 1. The van der Waals surface area contributed by atoms with Crippen LogP contribution in [0.4, 0.5) is 0 Å². The van der Waals surface area contributed by atoms with Gasteiger partial charge in [0.2, 0.25) is 0 Å². The van der Waals surface area contributed by atoms with E-state index < -0.39 is 11.4 Å². The molecule has 1 aromatic rings. The van der Waals surface area contributed by atoms with E-state index in [2.05, 4.69) is 10.3 Å². The molecule has 0 aromatic carbocycles. The number of carboxylic acids is 1. The average Bonchev–Trinajstić information content (AvgIpc) is 2.40. The Morgan fingerprint density at radius 2 is 2.22 bits per heavy atom. The lowest BCUT2D eigenvalue weighted by molar-refractivity contribution is -0.150. The Morgan fingerprint density at radius 3 is 2.72 bits per heavy atom. The minimum absolute atomic E-state index is 0.480. The van der Waals surface area contributed by atoms with E-state index in [9.17, 15) is 9.90 Å². The van der Waals surface area contributed by atoms with Crippen molar-refractivity contribution in [2.45, 2.75) is 19.3 Å². The molecule has 0 spiro atoms. The smallest absolute Gasteiger partial charge is 0.310 e. The van der Waals surface area contributed by atoms with Gasteiger partial charge in [0, 0.05) is 12.1 Å². The van der Waals surface area contributed by atoms with Crippen molar-refractivity contribution in [1.82, 2.24) is 10.3 Å². The van der Waals surface area contributed by atoms with Crippen LogP contribution in [-0.4, -0.2) is 36.3 Å². The van der Waals surface area contributed by atoms with Crippen LogP contribution in [0.2, 0.25) is 0 Å². The van der Waals surface area contributed by atoms with Crippen molar-refractivity contribution < 1.29 is 14.6 Å². The zero-order valence-electron chi connectivity index (χ0n) is 10.5. The second-order valence-corrected chi connectivity index (χ2v) is 4.70. The van der Waals surface area contributed by atoms with Gasteiger partial charge in [0.25, 0.3) is 0 Å². The Morgan fingerprint density at radius 1 is 1.50 bits per heavy atom. The molecule has 0 unspecified atom stereocenters. The number of rotatable bonds is 4. The van der Waals surface area contributed by atoms with Gasteiger partial charge in [-0.1, -0.05) is 0 Å². The van der Waals surface area contributed by atoms with Crippen molar-refractivity contribution in [1.29, 1.82) is 0 Å². The third kappa shape index (κ3) is 2.61. The van der Waals surface area contributed by atoms with E-state index in [-0.39, 0.29) is 0 Å². The quantitative estimate of drug-likeness (QED) is 0.837. The Kier molecular flexibility index (Phi) is 3.81. The highest BCUT2D eigenvalue weighted by atomic mass is 16.5. The summed E-state index contributed by atoms with van der Waals surface area (Å²) in [5.74, 6) is -0.0324. The fourth-order valence-electron chi connectivity index (χ4n) is 2.35. The molecule has 1 aromatic heterocycles. The summed E-state index contributed by atoms with van der Waals surface area (Å²) in [6.45, 7) is 1.50. The van der Waals surface area contributed by atoms with Crippen LogP contribution >= 0.6 is 0 Å². The number of hydrogen-bond donors (Lipinski definition) is 2. The summed E-state index contributed by atoms with van der Waals surface area (Å²) in [6.07, 6.45) is 3.41. The van der Waals surface area contributed by atoms with Gasteiger partial charge >= 0.3 is 5.97 Å². The molecule has 0 saturated carbocycles. The molecule has 1 saturated heterocycles. The Hall–Kier alpha value is -1.62. The maximum absolute atomic E-state index is 11.5. The molecule has 0 atom stereocenters. The van der Waals surface area contributed by atoms with Crippen LogP contribution in [0.3, 0.4) is 0 Å². The highest BCUT2D eigenvalue weighted by Gasteiger charge is 2.39. The van der Waals surface area contributed by atoms with Gasteiger partial charge in [0.15, 0.2) is 0 Å². The van der Waals surface area contributed by atoms with Crippen molar-refractivity contribution in [2.24, 2.45) is 5.41 Å². The summed E-state index contributed by atoms with van der Waals surface area (Å²) in [5, 5.41) is 12.7. The van der Waals surface area contributed by atoms with Gasteiger partial charge in [0.05, 0.1) is 18.7 Å². The normalized spacial score (nSPS) is 18.3. The minimum atomic E-state index is -0.721. The third-order valence-corrected chi connectivity index (χ3v) is 3.57. The fourth-order valence-corrected chi connectivity index (χ4v) is 2.35. The van der Waals surface area contributed by atoms with Crippen LogP contribution in [0.25, 0.3) is 0 Å². The van der Waals surface area contributed by atoms with Crippen molar-refractivity contribution in [3.8, 4) is 5.75 Å². The standard InChI is InChI=1S/C13H18N2O3/c1-18-11-3-2-10(15-9-11)8-13(12(16)17)4-6-14-7-5-13/h2-3,9,14H,4-8H2,1H3,(H,16,17). The summed E-state index contributed by atoms with van der Waals surface area (Å²) in [7, 11) is 1.59. The third-order valence-electron chi connectivity index (χ3n) is 3.57. The number of nitrogens with one attached hydrogen (secondary N) is 1. The SMILES string of the molecule is COc1ccc(CC2(C(=O)O)CCNCC2)nc1. The van der Waals surface area contributed by atoms with E-state index in [0.29, 0.717) is 25.0 Å². The number of carboxylic acid groups (broad SMARTS) is 1. The molecule has 0 aliphatic carbocycles. The molecule has 98 valence electrons. The Bertz CT molecular complexity index is 411. The molecule has 0 radical (unpaired) electrons. The van der Waals surface area contributed by atoms with Crippen molar-refractivity contribution >= 4 is 5.97 Å². The fraction of sp³-hybridized carbons (Fsp3) is 0.538. The number of aromatic nitrogens is 1. The maximum atomic E-state index is 11.5. The molecule has 0 bridgehead atoms. The summed E-state index contributed by atoms with van der Waals surface area (Å²) in [6, 6.07) is 3.66. The van der Waals surface area contributed by atoms with Gasteiger partial charge in [-0.2, -0.15) is 0 Å². The lowest BCUT2D eigenvalue weighted by Gasteiger charge is -2.33. The van der Waals surface area contributed by atoms with E-state index in [1.54, 1.807) is 13.3 Å². The lowest BCUT2D eigenvalue weighted by Crippen LogP contribution is -2.43. The minimum Gasteiger partial charge on any atom is -0.495 e. The number of piperidine rings is 1. The van der Waals surface area contributed by atoms with E-state index >= 15 is 0 Å². The van der Waals surface area contributed by atoms with Crippen LogP contribution in [0, 0.1) is 5.41 Å². The average molecular weight is 250 g/mol. The summed E-state index contributed by atoms with van der Waals surface area (Å²) < 4.78 is 5.04. The second-order valence-electron chi connectivity index (χ2n) is 4.70. The highest BCUT2D eigenvalue weighted by molar-refractivity contribution is 5.75. The van der Waals surface area contributed by atoms with Gasteiger partial charge in [-0.15, -0.1) is 0 Å². The van der Waals surface area contributed by atoms with Crippen LogP contribution in [0.5, 0.6) is 5.75 Å². The molecule has 2 N–H and O–H groups in total. The van der Waals surface area contributed by atoms with Crippen LogP contribution in [-0.2, 0) is 11.2 Å². The van der Waals surface area contributed by atoms with E-state index in [1.165, 1.54) is 0 Å². The first-order valence-electron chi connectivity index (χ1n) is 6.09. The first-order valence-corrected chi connectivity index (χ1v) is 6.09. The number of hydrogen-bond acceptors (Lipinski definition) is 4. The maximum Gasteiger partial charge on any atom is 0.310 e. The highest BCUT2D eigenvalue weighted by Crippen LogP contribution is 2.33. The number of aliphatic carboxylic acids is 1. The number of ether oxygens (including phenoxy) is 1. The largest absolute Gasteiger partial charge is 0.495 e. The first-order chi connectivity index (χ1) is 8.66. The monoisotopic (exact) mass is 250 g/mol. The predicted molar refractivity (Wildman–Crippen MR) is 66.7 cm³/mol. The number of methoxy groups -OCH3 is 1. The summed E-state index contributed by atoms with van der Waals surface area (Å²) in [5.41, 5.74) is 0.132. The number of carbonyl (C=O) groups is 1. The van der Waals surface area contributed by atoms with E-state index in [4.69, 9.17) is 4.74 Å². The lowest BCUT2D eigenvalue weighted by atomic mass is 9.75. The van der Waals surface area contributed by atoms with Gasteiger partial charge < -0.3 is 15.2 Å². The molecular formula is C13H18N2O3. The molecule has 2 heterocycles. The molecule has 1 fully saturated rings. The zero-order chi connectivity index (χ0) is 13.0. The van der Waals surface area contributed by atoms with Crippen molar-refractivity contribution in [3.05, 3.63) is 24.0 Å². The predicted octanol–water partition coefficient (Wildman–Crippen LogP) is 1.09. The van der Waals surface area contributed by atoms with Gasteiger partial charge in [-0.05, 0) is 38.1 Å². The Labute approximate surface area is 106 Å². The van der Waals surface area contributed by atoms with E-state index in [1.807, 2.05) is 12.1 Å². The van der Waals surface area contributed by atoms with Crippen molar-refractivity contribution in [3.63, 3.8) is 0 Å². The molecule has 18 heavy (non-hydrogen) atoms. The second kappa shape index (κ2) is 5.35. The molecule has 5 heteroatoms. The van der Waals surface area contributed by atoms with Crippen LogP contribution in [0.15, 0.2) is 18.3 Å². The van der Waals surface area contributed by atoms with E-state index in [0.717, 1.165) is 18.8 Å². The molecule has 2 rings (SSSR count). The Balaban J connectivity index is 2.15. The van der Waals surface area contributed by atoms with Crippen molar-refractivity contribution in [2.75, 3.05) is 20.2 Å². The van der Waals surface area contributed by atoms with Gasteiger partial charge in [0.1, 0.15) is 5.75 Å². The van der Waals surface area contributed by atoms with Crippen LogP contribution < -0.4 is 10.1 Å². The van der Waals surface area contributed by atoms with Gasteiger partial charge in [-0.25, -0.2) is 0 Å². The summed E-state index contributed by atoms with van der Waals surface area (Å²) in [4.78, 5) is 15.8. The molecule has 5 nitrogen and oxygen atoms in total. The molecule has 0 amide bonds.